The normalized spacial score (nSPS) is 29.9. The van der Waals surface area contributed by atoms with Crippen LogP contribution in [0.2, 0.25) is 0 Å². The molecule has 3 heterocycles. The van der Waals surface area contributed by atoms with Crippen molar-refractivity contribution in [3.8, 4) is 0 Å². The van der Waals surface area contributed by atoms with Crippen LogP contribution in [0.5, 0.6) is 0 Å². The highest BCUT2D eigenvalue weighted by atomic mass is 16.4. The van der Waals surface area contributed by atoms with Crippen LogP contribution in [0.25, 0.3) is 0 Å². The van der Waals surface area contributed by atoms with Crippen LogP contribution in [0.4, 0.5) is 0 Å². The number of rotatable bonds is 7. The summed E-state index contributed by atoms with van der Waals surface area (Å²) in [7, 11) is 0. The van der Waals surface area contributed by atoms with E-state index in [9.17, 15) is 29.1 Å². The Hall–Kier alpha value is -3.17. The molecule has 10 heteroatoms. The molecule has 0 aromatic carbocycles. The van der Waals surface area contributed by atoms with Crippen molar-refractivity contribution < 1.29 is 29.1 Å². The molecule has 2 aliphatic heterocycles. The van der Waals surface area contributed by atoms with E-state index in [4.69, 9.17) is 0 Å². The quantitative estimate of drug-likeness (QED) is 0.370. The minimum Gasteiger partial charge on any atom is -0.480 e. The van der Waals surface area contributed by atoms with Gasteiger partial charge in [0.2, 0.25) is 11.8 Å². The number of carbonyl (C=O) groups is 5. The van der Waals surface area contributed by atoms with Gasteiger partial charge in [0.25, 0.3) is 5.91 Å². The van der Waals surface area contributed by atoms with Crippen LogP contribution in [-0.2, 0) is 14.4 Å². The molecule has 0 radical (unpaired) electrons. The molecule has 5 rings (SSSR count). The lowest BCUT2D eigenvalue weighted by Crippen LogP contribution is -2.70. The first kappa shape index (κ1) is 29.3. The molecular formula is C31H44N4O6. The molecule has 1 unspecified atom stereocenters. The predicted octanol–water partition coefficient (Wildman–Crippen LogP) is 3.51. The number of aromatic amines is 1. The van der Waals surface area contributed by atoms with E-state index in [1.807, 2.05) is 13.8 Å². The molecule has 4 fully saturated rings. The summed E-state index contributed by atoms with van der Waals surface area (Å²) in [6.07, 6.45) is 7.69. The van der Waals surface area contributed by atoms with Gasteiger partial charge in [-0.1, -0.05) is 39.5 Å². The fourth-order valence-electron chi connectivity index (χ4n) is 8.46. The summed E-state index contributed by atoms with van der Waals surface area (Å²) in [6, 6.07) is -2.80. The average molecular weight is 569 g/mol. The number of amides is 3. The summed E-state index contributed by atoms with van der Waals surface area (Å²) in [5.41, 5.74) is 1.30. The van der Waals surface area contributed by atoms with Crippen molar-refractivity contribution in [3.63, 3.8) is 0 Å². The second-order valence-electron chi connectivity index (χ2n) is 13.4. The molecule has 41 heavy (non-hydrogen) atoms. The Kier molecular flexibility index (Phi) is 7.80. The zero-order chi connectivity index (χ0) is 29.8. The number of aromatic nitrogens is 1. The zero-order valence-corrected chi connectivity index (χ0v) is 24.8. The maximum Gasteiger partial charge on any atom is 0.326 e. The van der Waals surface area contributed by atoms with Gasteiger partial charge in [-0.25, -0.2) is 4.79 Å². The third-order valence-electron chi connectivity index (χ3n) is 10.7. The third kappa shape index (κ3) is 4.97. The summed E-state index contributed by atoms with van der Waals surface area (Å²) in [6.45, 7) is 9.01. The number of carbonyl (C=O) groups excluding carboxylic acids is 4. The van der Waals surface area contributed by atoms with Gasteiger partial charge >= 0.3 is 5.97 Å². The van der Waals surface area contributed by atoms with E-state index in [1.165, 1.54) is 6.92 Å². The molecule has 4 N–H and O–H groups in total. The Morgan fingerprint density at radius 3 is 2.34 bits per heavy atom. The van der Waals surface area contributed by atoms with Crippen molar-refractivity contribution in [1.29, 1.82) is 0 Å². The molecule has 2 saturated carbocycles. The summed E-state index contributed by atoms with van der Waals surface area (Å²) in [4.78, 5) is 70.9. The van der Waals surface area contributed by atoms with E-state index < -0.39 is 41.3 Å². The van der Waals surface area contributed by atoms with Crippen LogP contribution in [0.1, 0.15) is 111 Å². The highest BCUT2D eigenvalue weighted by Crippen LogP contribution is 2.53. The molecule has 6 atom stereocenters. The van der Waals surface area contributed by atoms with Gasteiger partial charge in [0, 0.05) is 11.7 Å². The van der Waals surface area contributed by atoms with Crippen LogP contribution in [0, 0.1) is 37.0 Å². The van der Waals surface area contributed by atoms with E-state index in [2.05, 4.69) is 15.6 Å². The van der Waals surface area contributed by atoms with Gasteiger partial charge in [-0.2, -0.15) is 0 Å². The SMILES string of the molecule is CC(=O)c1c(C(=O)N[C@H](C(=O)N[C@@H]2C(=O)N3[C@H](C(=O)O)C[C@@H]4CCCC([C@@H]43)C2(C)C)C2CCCCC2)[nH]c(C)c1C. The fourth-order valence-corrected chi connectivity index (χ4v) is 8.46. The standard InChI is InChI=1S/C31H44N4O6/c1-15-16(2)32-24(22(15)17(3)36)28(38)33-23(18-10-7-6-8-11-18)27(37)34-26-29(39)35-21(30(40)41)14-19-12-9-13-20(25(19)35)31(26,4)5/h18-21,23,25-26,32H,6-14H2,1-5H3,(H,33,38)(H,34,37)(H,40,41)/t19-,20?,21-,23-,25+,26+/m0/s1. The third-order valence-corrected chi connectivity index (χ3v) is 10.7. The van der Waals surface area contributed by atoms with E-state index in [-0.39, 0.29) is 41.2 Å². The topological polar surface area (TPSA) is 149 Å². The van der Waals surface area contributed by atoms with Crippen LogP contribution < -0.4 is 10.6 Å². The lowest BCUT2D eigenvalue weighted by Gasteiger charge is -2.55. The van der Waals surface area contributed by atoms with E-state index in [0.29, 0.717) is 23.2 Å². The molecule has 10 nitrogen and oxygen atoms in total. The van der Waals surface area contributed by atoms with Crippen LogP contribution in [0.15, 0.2) is 0 Å². The number of carboxylic acids is 1. The minimum absolute atomic E-state index is 0.0688. The molecule has 0 spiro atoms. The summed E-state index contributed by atoms with van der Waals surface area (Å²) in [5.74, 6) is -2.41. The maximum atomic E-state index is 14.1. The van der Waals surface area contributed by atoms with Crippen LogP contribution in [-0.4, -0.2) is 68.6 Å². The monoisotopic (exact) mass is 568 g/mol. The number of Topliss-reactive ketones (excluding diaryl/α,β-unsaturated/α-hetero) is 1. The number of aryl methyl sites for hydroxylation is 1. The number of aliphatic carboxylic acids is 1. The van der Waals surface area contributed by atoms with Crippen LogP contribution in [0.3, 0.4) is 0 Å². The second kappa shape index (κ2) is 10.9. The van der Waals surface area contributed by atoms with Gasteiger partial charge in [-0.15, -0.1) is 0 Å². The number of hydrogen-bond acceptors (Lipinski definition) is 5. The van der Waals surface area contributed by atoms with E-state index in [0.717, 1.165) is 51.4 Å². The molecule has 4 aliphatic rings. The fraction of sp³-hybridized carbons (Fsp3) is 0.710. The summed E-state index contributed by atoms with van der Waals surface area (Å²) in [5, 5.41) is 15.9. The number of hydrogen-bond donors (Lipinski definition) is 4. The number of H-pyrrole nitrogens is 1. The van der Waals surface area contributed by atoms with Crippen molar-refractivity contribution in [2.75, 3.05) is 0 Å². The Morgan fingerprint density at radius 1 is 1.02 bits per heavy atom. The Morgan fingerprint density at radius 2 is 1.71 bits per heavy atom. The Bertz CT molecular complexity index is 1260. The van der Waals surface area contributed by atoms with Gasteiger partial charge in [0.1, 0.15) is 23.8 Å². The lowest BCUT2D eigenvalue weighted by atomic mass is 9.60. The number of ketones is 1. The number of nitrogens with zero attached hydrogens (tertiary/aromatic N) is 1. The minimum atomic E-state index is -0.999. The summed E-state index contributed by atoms with van der Waals surface area (Å²) < 4.78 is 0. The number of nitrogens with one attached hydrogen (secondary N) is 3. The van der Waals surface area contributed by atoms with Crippen LogP contribution >= 0.6 is 0 Å². The molecule has 0 bridgehead atoms. The van der Waals surface area contributed by atoms with Gasteiger partial charge in [0.05, 0.1) is 5.56 Å². The lowest BCUT2D eigenvalue weighted by molar-refractivity contribution is -0.163. The number of carboxylic acid groups (broad SMARTS) is 1. The molecule has 2 saturated heterocycles. The molecule has 224 valence electrons. The largest absolute Gasteiger partial charge is 0.480 e. The van der Waals surface area contributed by atoms with Gasteiger partial charge < -0.3 is 25.6 Å². The Labute approximate surface area is 241 Å². The van der Waals surface area contributed by atoms with Crippen molar-refractivity contribution >= 4 is 29.5 Å². The number of piperidine rings is 1. The summed E-state index contributed by atoms with van der Waals surface area (Å²) >= 11 is 0. The van der Waals surface area contributed by atoms with Gasteiger partial charge in [0.15, 0.2) is 5.78 Å². The smallest absolute Gasteiger partial charge is 0.326 e. The highest BCUT2D eigenvalue weighted by Gasteiger charge is 2.62. The highest BCUT2D eigenvalue weighted by molar-refractivity contribution is 6.08. The molecular weight excluding hydrogens is 524 g/mol. The average Bonchev–Trinajstić information content (AvgIpc) is 3.47. The second-order valence-corrected chi connectivity index (χ2v) is 13.4. The van der Waals surface area contributed by atoms with Gasteiger partial charge in [-0.3, -0.25) is 19.2 Å². The molecule has 1 aromatic rings. The molecule has 2 aliphatic carbocycles. The predicted molar refractivity (Wildman–Crippen MR) is 151 cm³/mol. The van der Waals surface area contributed by atoms with Crippen molar-refractivity contribution in [1.82, 2.24) is 20.5 Å². The maximum absolute atomic E-state index is 14.1. The first-order valence-corrected chi connectivity index (χ1v) is 15.2. The van der Waals surface area contributed by atoms with Gasteiger partial charge in [-0.05, 0) is 81.6 Å². The van der Waals surface area contributed by atoms with Crippen molar-refractivity contribution in [2.45, 2.75) is 117 Å². The Balaban J connectivity index is 1.44. The zero-order valence-electron chi connectivity index (χ0n) is 24.8. The van der Waals surface area contributed by atoms with E-state index in [1.54, 1.807) is 18.7 Å². The van der Waals surface area contributed by atoms with Crippen molar-refractivity contribution in [3.05, 3.63) is 22.5 Å². The van der Waals surface area contributed by atoms with Crippen molar-refractivity contribution in [2.24, 2.45) is 23.2 Å². The first-order valence-electron chi connectivity index (χ1n) is 15.2. The molecule has 1 aromatic heterocycles. The first-order chi connectivity index (χ1) is 19.3. The molecule has 3 amide bonds. The van der Waals surface area contributed by atoms with E-state index >= 15 is 0 Å².